The molecule has 108 valence electrons. The average molecular weight is 380 g/mol. The number of hydrogen-bond donors (Lipinski definition) is 0. The van der Waals surface area contributed by atoms with Crippen molar-refractivity contribution in [3.63, 3.8) is 0 Å². The van der Waals surface area contributed by atoms with Crippen LogP contribution in [0.5, 0.6) is 0 Å². The smallest absolute Gasteiger partial charge is 0.0690 e. The van der Waals surface area contributed by atoms with Crippen molar-refractivity contribution in [1.29, 1.82) is 0 Å². The molecule has 0 saturated carbocycles. The molecule has 0 amide bonds. The van der Waals surface area contributed by atoms with Crippen LogP contribution < -0.4 is 0 Å². The van der Waals surface area contributed by atoms with Crippen molar-refractivity contribution in [3.8, 4) is 0 Å². The summed E-state index contributed by atoms with van der Waals surface area (Å²) in [5.41, 5.74) is 2.35. The van der Waals surface area contributed by atoms with Crippen molar-refractivity contribution in [2.75, 3.05) is 0 Å². The van der Waals surface area contributed by atoms with Gasteiger partial charge in [-0.3, -0.25) is 0 Å². The molecule has 3 heteroatoms. The molecule has 0 bridgehead atoms. The molecule has 0 fully saturated rings. The summed E-state index contributed by atoms with van der Waals surface area (Å²) in [4.78, 5) is 0. The quantitative estimate of drug-likeness (QED) is 0.433. The summed E-state index contributed by atoms with van der Waals surface area (Å²) in [5.74, 6) is 0. The molecule has 0 aliphatic rings. The molecule has 3 aromatic rings. The monoisotopic (exact) mass is 378 g/mol. The number of fused-ring (bicyclic) bond motifs is 1. The van der Waals surface area contributed by atoms with E-state index in [0.29, 0.717) is 0 Å². The van der Waals surface area contributed by atoms with Crippen molar-refractivity contribution in [3.05, 3.63) is 69.5 Å². The molecule has 21 heavy (non-hydrogen) atoms. The van der Waals surface area contributed by atoms with Crippen LogP contribution in [0.25, 0.3) is 10.1 Å². The summed E-state index contributed by atoms with van der Waals surface area (Å²) in [6.07, 6.45) is 0. The Morgan fingerprint density at radius 3 is 2.48 bits per heavy atom. The van der Waals surface area contributed by atoms with Crippen LogP contribution in [-0.2, 0) is 5.41 Å². The molecule has 0 nitrogen and oxygen atoms in total. The molecule has 2 aromatic carbocycles. The lowest BCUT2D eigenvalue weighted by Gasteiger charge is -2.30. The highest BCUT2D eigenvalue weighted by Gasteiger charge is 2.32. The maximum Gasteiger partial charge on any atom is 0.0690 e. The highest BCUT2D eigenvalue weighted by Crippen LogP contribution is 2.46. The molecule has 0 radical (unpaired) electrons. The topological polar surface area (TPSA) is 0 Å². The Balaban J connectivity index is 2.08. The van der Waals surface area contributed by atoms with Gasteiger partial charge in [-0.2, -0.15) is 0 Å². The number of alkyl halides is 1. The van der Waals surface area contributed by atoms with Crippen LogP contribution in [0.3, 0.4) is 0 Å². The van der Waals surface area contributed by atoms with Crippen LogP contribution in [0.15, 0.2) is 58.4 Å². The highest BCUT2D eigenvalue weighted by atomic mass is 79.9. The van der Waals surface area contributed by atoms with Gasteiger partial charge in [0.2, 0.25) is 0 Å². The Bertz CT molecular complexity index is 761. The summed E-state index contributed by atoms with van der Waals surface area (Å²) < 4.78 is 2.40. The largest absolute Gasteiger partial charge is 0.142 e. The van der Waals surface area contributed by atoms with Crippen LogP contribution >= 0.6 is 38.9 Å². The molecule has 0 saturated heterocycles. The van der Waals surface area contributed by atoms with Crippen LogP contribution in [0.4, 0.5) is 0 Å². The van der Waals surface area contributed by atoms with E-state index in [-0.39, 0.29) is 10.8 Å². The van der Waals surface area contributed by atoms with Crippen LogP contribution in [0, 0.1) is 0 Å². The predicted molar refractivity (Wildman–Crippen MR) is 97.6 cm³/mol. The van der Waals surface area contributed by atoms with E-state index in [2.05, 4.69) is 77.6 Å². The van der Waals surface area contributed by atoms with Gasteiger partial charge in [0.1, 0.15) is 0 Å². The minimum Gasteiger partial charge on any atom is -0.142 e. The average Bonchev–Trinajstić information content (AvgIpc) is 2.92. The van der Waals surface area contributed by atoms with Gasteiger partial charge in [0.05, 0.1) is 5.38 Å². The van der Waals surface area contributed by atoms with Gasteiger partial charge >= 0.3 is 0 Å². The Kier molecular flexibility index (Phi) is 4.13. The minimum absolute atomic E-state index is 0.0667. The van der Waals surface area contributed by atoms with Crippen molar-refractivity contribution >= 4 is 49.0 Å². The molecular weight excluding hydrogens is 364 g/mol. The first kappa shape index (κ1) is 15.1. The van der Waals surface area contributed by atoms with Gasteiger partial charge in [0.25, 0.3) is 0 Å². The van der Waals surface area contributed by atoms with E-state index in [4.69, 9.17) is 11.6 Å². The third kappa shape index (κ3) is 2.65. The van der Waals surface area contributed by atoms with Crippen LogP contribution in [0.1, 0.15) is 30.4 Å². The van der Waals surface area contributed by atoms with E-state index in [0.717, 1.165) is 4.47 Å². The number of hydrogen-bond acceptors (Lipinski definition) is 1. The van der Waals surface area contributed by atoms with E-state index in [9.17, 15) is 0 Å². The Labute approximate surface area is 142 Å². The van der Waals surface area contributed by atoms with Gasteiger partial charge in [-0.25, -0.2) is 0 Å². The fourth-order valence-electron chi connectivity index (χ4n) is 2.64. The molecule has 1 unspecified atom stereocenters. The first-order valence-corrected chi connectivity index (χ1v) is 8.98. The molecule has 1 aromatic heterocycles. The lowest BCUT2D eigenvalue weighted by Crippen LogP contribution is -2.23. The fourth-order valence-corrected chi connectivity index (χ4v) is 4.67. The molecule has 0 aliphatic carbocycles. The van der Waals surface area contributed by atoms with Gasteiger partial charge < -0.3 is 0 Å². The van der Waals surface area contributed by atoms with Gasteiger partial charge in [-0.05, 0) is 43.9 Å². The van der Waals surface area contributed by atoms with Crippen LogP contribution in [0.2, 0.25) is 0 Å². The standard InChI is InChI=1S/C18H16BrClS/c1-18(2,12-7-4-3-5-8-12)17(20)14-11-21-16-13(14)9-6-10-15(16)19/h3-11,17H,1-2H3. The van der Waals surface area contributed by atoms with E-state index in [1.54, 1.807) is 11.3 Å². The summed E-state index contributed by atoms with van der Waals surface area (Å²) >= 11 is 12.3. The van der Waals surface area contributed by atoms with Crippen LogP contribution in [-0.4, -0.2) is 0 Å². The zero-order chi connectivity index (χ0) is 15.0. The first-order valence-electron chi connectivity index (χ1n) is 6.87. The Hall–Kier alpha value is -0.830. The number of thiophene rings is 1. The molecule has 1 heterocycles. The second-order valence-electron chi connectivity index (χ2n) is 5.76. The molecule has 3 rings (SSSR count). The number of rotatable bonds is 3. The van der Waals surface area contributed by atoms with Gasteiger partial charge in [0, 0.05) is 14.6 Å². The van der Waals surface area contributed by atoms with Crippen molar-refractivity contribution in [1.82, 2.24) is 0 Å². The summed E-state index contributed by atoms with van der Waals surface area (Å²) in [6, 6.07) is 16.8. The van der Waals surface area contributed by atoms with Crippen molar-refractivity contribution < 1.29 is 0 Å². The zero-order valence-corrected chi connectivity index (χ0v) is 15.1. The van der Waals surface area contributed by atoms with E-state index in [1.807, 2.05) is 6.07 Å². The summed E-state index contributed by atoms with van der Waals surface area (Å²) in [7, 11) is 0. The second kappa shape index (κ2) is 5.75. The lowest BCUT2D eigenvalue weighted by molar-refractivity contribution is 0.507. The van der Waals surface area contributed by atoms with E-state index < -0.39 is 0 Å². The minimum atomic E-state index is -0.126. The highest BCUT2D eigenvalue weighted by molar-refractivity contribution is 9.10. The second-order valence-corrected chi connectivity index (χ2v) is 7.93. The number of halogens is 2. The third-order valence-electron chi connectivity index (χ3n) is 4.01. The third-order valence-corrected chi connectivity index (χ3v) is 6.76. The van der Waals surface area contributed by atoms with Crippen molar-refractivity contribution in [2.45, 2.75) is 24.6 Å². The first-order chi connectivity index (χ1) is 10.0. The Morgan fingerprint density at radius 1 is 1.05 bits per heavy atom. The van der Waals surface area contributed by atoms with Gasteiger partial charge in [-0.1, -0.05) is 56.3 Å². The SMILES string of the molecule is CC(C)(c1ccccc1)C(Cl)c1csc2c(Br)cccc12. The molecule has 1 atom stereocenters. The maximum absolute atomic E-state index is 6.90. The Morgan fingerprint density at radius 2 is 1.76 bits per heavy atom. The lowest BCUT2D eigenvalue weighted by atomic mass is 9.78. The number of benzene rings is 2. The normalized spacial score (nSPS) is 13.5. The predicted octanol–water partition coefficient (Wildman–Crippen LogP) is 6.92. The summed E-state index contributed by atoms with van der Waals surface area (Å²) in [6.45, 7) is 4.42. The summed E-state index contributed by atoms with van der Waals surface area (Å²) in [5, 5.41) is 3.37. The zero-order valence-electron chi connectivity index (χ0n) is 11.9. The molecule has 0 aliphatic heterocycles. The molecular formula is C18H16BrClS. The molecule has 0 spiro atoms. The molecule has 0 N–H and O–H groups in total. The van der Waals surface area contributed by atoms with Crippen molar-refractivity contribution in [2.24, 2.45) is 0 Å². The maximum atomic E-state index is 6.90. The van der Waals surface area contributed by atoms with Gasteiger partial charge in [0.15, 0.2) is 0 Å². The van der Waals surface area contributed by atoms with E-state index in [1.165, 1.54) is 21.2 Å². The van der Waals surface area contributed by atoms with E-state index >= 15 is 0 Å². The fraction of sp³-hybridized carbons (Fsp3) is 0.222. The van der Waals surface area contributed by atoms with Gasteiger partial charge in [-0.15, -0.1) is 22.9 Å².